The summed E-state index contributed by atoms with van der Waals surface area (Å²) in [5.41, 5.74) is 0.764. The number of nitrogens with zero attached hydrogens (tertiary/aromatic N) is 1. The molecule has 0 bridgehead atoms. The molecule has 1 rings (SSSR count). The Morgan fingerprint density at radius 2 is 2.44 bits per heavy atom. The molecule has 16 heavy (non-hydrogen) atoms. The Bertz CT molecular complexity index is 407. The maximum atomic E-state index is 11.1. The second-order valence-electron chi connectivity index (χ2n) is 2.95. The zero-order chi connectivity index (χ0) is 12.0. The standard InChI is InChI=1S/C11H11BrClNO2/c1-2-16-10(15)5-3-4-8-6-9(12)7-14-11(8)13/h3-4,6-7H,2,5H2,1H3. The third-order valence-electron chi connectivity index (χ3n) is 1.72. The van der Waals surface area contributed by atoms with Crippen LogP contribution in [0.5, 0.6) is 0 Å². The SMILES string of the molecule is CCOC(=O)CC=Cc1cc(Br)cnc1Cl. The van der Waals surface area contributed by atoms with Gasteiger partial charge in [0.05, 0.1) is 13.0 Å². The van der Waals surface area contributed by atoms with Crippen molar-refractivity contribution in [1.29, 1.82) is 0 Å². The molecule has 0 aliphatic rings. The number of halogens is 2. The van der Waals surface area contributed by atoms with Crippen molar-refractivity contribution in [1.82, 2.24) is 4.98 Å². The molecule has 0 saturated carbocycles. The fraction of sp³-hybridized carbons (Fsp3) is 0.273. The van der Waals surface area contributed by atoms with Crippen LogP contribution >= 0.6 is 27.5 Å². The van der Waals surface area contributed by atoms with Crippen LogP contribution in [0.25, 0.3) is 6.08 Å². The number of hydrogen-bond acceptors (Lipinski definition) is 3. The van der Waals surface area contributed by atoms with Crippen LogP contribution in [0.1, 0.15) is 18.9 Å². The Balaban J connectivity index is 2.62. The van der Waals surface area contributed by atoms with Crippen molar-refractivity contribution in [3.8, 4) is 0 Å². The molecule has 1 aromatic rings. The van der Waals surface area contributed by atoms with Crippen LogP contribution in [0.3, 0.4) is 0 Å². The first-order valence-electron chi connectivity index (χ1n) is 4.76. The summed E-state index contributed by atoms with van der Waals surface area (Å²) in [6.45, 7) is 2.17. The molecule has 0 N–H and O–H groups in total. The molecule has 0 unspecified atom stereocenters. The van der Waals surface area contributed by atoms with Gasteiger partial charge < -0.3 is 4.74 Å². The summed E-state index contributed by atoms with van der Waals surface area (Å²) in [7, 11) is 0. The Morgan fingerprint density at radius 3 is 3.12 bits per heavy atom. The number of ether oxygens (including phenoxy) is 1. The highest BCUT2D eigenvalue weighted by molar-refractivity contribution is 9.10. The van der Waals surface area contributed by atoms with E-state index in [9.17, 15) is 4.79 Å². The third kappa shape index (κ3) is 4.33. The molecule has 0 aliphatic carbocycles. The first-order valence-corrected chi connectivity index (χ1v) is 5.93. The molecule has 1 aromatic heterocycles. The summed E-state index contributed by atoms with van der Waals surface area (Å²) in [4.78, 5) is 15.0. The summed E-state index contributed by atoms with van der Waals surface area (Å²) in [6, 6.07) is 1.83. The summed E-state index contributed by atoms with van der Waals surface area (Å²) in [5.74, 6) is -0.252. The van der Waals surface area contributed by atoms with Crippen molar-refractivity contribution in [2.45, 2.75) is 13.3 Å². The predicted octanol–water partition coefficient (Wildman–Crippen LogP) is 3.46. The molecule has 0 aliphatic heterocycles. The van der Waals surface area contributed by atoms with Gasteiger partial charge in [-0.15, -0.1) is 0 Å². The maximum absolute atomic E-state index is 11.1. The second-order valence-corrected chi connectivity index (χ2v) is 4.22. The fourth-order valence-electron chi connectivity index (χ4n) is 1.06. The van der Waals surface area contributed by atoms with Gasteiger partial charge in [-0.1, -0.05) is 23.8 Å². The van der Waals surface area contributed by atoms with Gasteiger partial charge in [0.25, 0.3) is 0 Å². The van der Waals surface area contributed by atoms with E-state index in [2.05, 4.69) is 20.9 Å². The summed E-state index contributed by atoms with van der Waals surface area (Å²) in [6.07, 6.45) is 5.30. The molecule has 3 nitrogen and oxygen atoms in total. The predicted molar refractivity (Wildman–Crippen MR) is 67.2 cm³/mol. The molecule has 0 atom stereocenters. The highest BCUT2D eigenvalue weighted by Gasteiger charge is 2.00. The van der Waals surface area contributed by atoms with Crippen molar-refractivity contribution in [3.05, 3.63) is 33.5 Å². The zero-order valence-corrected chi connectivity index (χ0v) is 11.1. The number of aromatic nitrogens is 1. The Morgan fingerprint density at radius 1 is 1.69 bits per heavy atom. The normalized spacial score (nSPS) is 10.7. The van der Waals surface area contributed by atoms with Crippen LogP contribution in [-0.4, -0.2) is 17.6 Å². The van der Waals surface area contributed by atoms with Crippen molar-refractivity contribution in [2.24, 2.45) is 0 Å². The molecule has 86 valence electrons. The minimum atomic E-state index is -0.252. The van der Waals surface area contributed by atoms with Gasteiger partial charge in [-0.25, -0.2) is 4.98 Å². The topological polar surface area (TPSA) is 39.2 Å². The molecule has 0 saturated heterocycles. The molecular weight excluding hydrogens is 293 g/mol. The fourth-order valence-corrected chi connectivity index (χ4v) is 1.57. The third-order valence-corrected chi connectivity index (χ3v) is 2.47. The van der Waals surface area contributed by atoms with Crippen molar-refractivity contribution in [3.63, 3.8) is 0 Å². The van der Waals surface area contributed by atoms with Crippen molar-refractivity contribution >= 4 is 39.6 Å². The average molecular weight is 305 g/mol. The van der Waals surface area contributed by atoms with Crippen LogP contribution in [0.4, 0.5) is 0 Å². The van der Waals surface area contributed by atoms with E-state index in [1.54, 1.807) is 25.3 Å². The van der Waals surface area contributed by atoms with Gasteiger partial charge in [0.15, 0.2) is 0 Å². The maximum Gasteiger partial charge on any atom is 0.309 e. The van der Waals surface area contributed by atoms with E-state index in [0.29, 0.717) is 11.8 Å². The molecule has 1 heterocycles. The van der Waals surface area contributed by atoms with Gasteiger partial charge in [0, 0.05) is 16.2 Å². The van der Waals surface area contributed by atoms with E-state index < -0.39 is 0 Å². The van der Waals surface area contributed by atoms with E-state index in [4.69, 9.17) is 16.3 Å². The van der Waals surface area contributed by atoms with Crippen LogP contribution < -0.4 is 0 Å². The lowest BCUT2D eigenvalue weighted by Gasteiger charge is -1.99. The Labute approximate surface area is 108 Å². The quantitative estimate of drug-likeness (QED) is 0.631. The monoisotopic (exact) mass is 303 g/mol. The number of esters is 1. The lowest BCUT2D eigenvalue weighted by molar-refractivity contribution is -0.142. The lowest BCUT2D eigenvalue weighted by atomic mass is 10.2. The highest BCUT2D eigenvalue weighted by atomic mass is 79.9. The zero-order valence-electron chi connectivity index (χ0n) is 8.74. The molecule has 0 fully saturated rings. The smallest absolute Gasteiger partial charge is 0.309 e. The number of pyridine rings is 1. The van der Waals surface area contributed by atoms with Crippen LogP contribution in [0.15, 0.2) is 22.8 Å². The van der Waals surface area contributed by atoms with E-state index >= 15 is 0 Å². The van der Waals surface area contributed by atoms with Gasteiger partial charge in [-0.3, -0.25) is 4.79 Å². The highest BCUT2D eigenvalue weighted by Crippen LogP contribution is 2.19. The minimum Gasteiger partial charge on any atom is -0.466 e. The Kier molecular flexibility index (Phi) is 5.49. The Hall–Kier alpha value is -0.870. The van der Waals surface area contributed by atoms with Crippen LogP contribution in [0, 0.1) is 0 Å². The molecule has 0 radical (unpaired) electrons. The first-order chi connectivity index (χ1) is 7.63. The molecule has 0 amide bonds. The van der Waals surface area contributed by atoms with Crippen LogP contribution in [0.2, 0.25) is 5.15 Å². The largest absolute Gasteiger partial charge is 0.466 e. The van der Waals surface area contributed by atoms with Gasteiger partial charge in [0.2, 0.25) is 0 Å². The molecule has 0 spiro atoms. The molecule has 0 aromatic carbocycles. The van der Waals surface area contributed by atoms with Gasteiger partial charge in [-0.05, 0) is 28.9 Å². The van der Waals surface area contributed by atoms with E-state index in [-0.39, 0.29) is 12.4 Å². The number of rotatable bonds is 4. The molecular formula is C11H11BrClNO2. The van der Waals surface area contributed by atoms with E-state index in [1.165, 1.54) is 0 Å². The summed E-state index contributed by atoms with van der Waals surface area (Å²) in [5, 5.41) is 0.406. The summed E-state index contributed by atoms with van der Waals surface area (Å²) >= 11 is 9.17. The number of carbonyl (C=O) groups excluding carboxylic acids is 1. The van der Waals surface area contributed by atoms with Crippen LogP contribution in [-0.2, 0) is 9.53 Å². The van der Waals surface area contributed by atoms with Gasteiger partial charge in [-0.2, -0.15) is 0 Å². The van der Waals surface area contributed by atoms with E-state index in [1.807, 2.05) is 6.07 Å². The minimum absolute atomic E-state index is 0.233. The number of carbonyl (C=O) groups is 1. The second kappa shape index (κ2) is 6.66. The first kappa shape index (κ1) is 13.2. The summed E-state index contributed by atoms with van der Waals surface area (Å²) < 4.78 is 5.63. The van der Waals surface area contributed by atoms with Crippen molar-refractivity contribution < 1.29 is 9.53 Å². The average Bonchev–Trinajstić information content (AvgIpc) is 2.23. The van der Waals surface area contributed by atoms with Crippen molar-refractivity contribution in [2.75, 3.05) is 6.61 Å². The van der Waals surface area contributed by atoms with E-state index in [0.717, 1.165) is 10.0 Å². The van der Waals surface area contributed by atoms with Gasteiger partial charge >= 0.3 is 5.97 Å². The number of hydrogen-bond donors (Lipinski definition) is 0. The molecule has 5 heteroatoms. The van der Waals surface area contributed by atoms with Gasteiger partial charge in [0.1, 0.15) is 5.15 Å². The lowest BCUT2D eigenvalue weighted by Crippen LogP contribution is -2.01.